The molecule has 1 heterocycles. The third-order valence-electron chi connectivity index (χ3n) is 5.29. The Labute approximate surface area is 179 Å². The number of nitrogens with zero attached hydrogens (tertiary/aromatic N) is 1. The highest BCUT2D eigenvalue weighted by Gasteiger charge is 2.65. The number of halogens is 5. The molecule has 1 aromatic rings. The standard InChI is InChI=1S/C18H21F5N2O6S/c1-30-16(27)14(18(31-8-11-2-3-11)9-25(10-18)17(28)29)24-15(26)12-4-6-13(7-5-12)32(19,20,21,22)23/h4-7,11,14H,2-3,8-10H2,1H3,(H,24,26)(H,28,29). The third kappa shape index (κ3) is 5.23. The fourth-order valence-electron chi connectivity index (χ4n) is 3.26. The fraction of sp³-hybridized carbons (Fsp3) is 0.500. The highest BCUT2D eigenvalue weighted by atomic mass is 32.5. The van der Waals surface area contributed by atoms with E-state index in [2.05, 4.69) is 5.32 Å². The van der Waals surface area contributed by atoms with E-state index >= 15 is 0 Å². The normalized spacial score (nSPS) is 20.9. The van der Waals surface area contributed by atoms with Crippen LogP contribution in [0.15, 0.2) is 29.2 Å². The van der Waals surface area contributed by atoms with Crippen molar-refractivity contribution in [2.45, 2.75) is 29.4 Å². The Kier molecular flexibility index (Phi) is 5.41. The van der Waals surface area contributed by atoms with E-state index in [1.165, 1.54) is 0 Å². The van der Waals surface area contributed by atoms with E-state index in [1.54, 1.807) is 0 Å². The van der Waals surface area contributed by atoms with Crippen LogP contribution in [0, 0.1) is 5.92 Å². The van der Waals surface area contributed by atoms with Gasteiger partial charge in [0.1, 0.15) is 10.5 Å². The van der Waals surface area contributed by atoms with Gasteiger partial charge in [-0.1, -0.05) is 19.4 Å². The summed E-state index contributed by atoms with van der Waals surface area (Å²) in [5.41, 5.74) is -1.86. The van der Waals surface area contributed by atoms with Crippen molar-refractivity contribution in [3.05, 3.63) is 29.8 Å². The molecule has 1 aliphatic carbocycles. The highest BCUT2D eigenvalue weighted by Crippen LogP contribution is 3.02. The zero-order valence-corrected chi connectivity index (χ0v) is 17.5. The van der Waals surface area contributed by atoms with Crippen LogP contribution in [0.3, 0.4) is 0 Å². The molecule has 0 spiro atoms. The number of methoxy groups -OCH3 is 1. The molecule has 2 amide bonds. The summed E-state index contributed by atoms with van der Waals surface area (Å²) >= 11 is 0. The molecule has 1 atom stereocenters. The number of nitrogens with one attached hydrogen (secondary N) is 1. The average Bonchev–Trinajstić information content (AvgIpc) is 3.47. The minimum Gasteiger partial charge on any atom is -0.467 e. The summed E-state index contributed by atoms with van der Waals surface area (Å²) in [6.07, 6.45) is 0.524. The van der Waals surface area contributed by atoms with Crippen LogP contribution < -0.4 is 5.32 Å². The number of rotatable bonds is 8. The van der Waals surface area contributed by atoms with E-state index in [-0.39, 0.29) is 37.7 Å². The smallest absolute Gasteiger partial charge is 0.407 e. The monoisotopic (exact) mass is 488 g/mol. The number of carbonyl (C=O) groups is 3. The van der Waals surface area contributed by atoms with Crippen molar-refractivity contribution in [2.24, 2.45) is 5.92 Å². The molecule has 1 aromatic carbocycles. The molecule has 1 saturated heterocycles. The Morgan fingerprint density at radius 2 is 1.72 bits per heavy atom. The number of hydrogen-bond acceptors (Lipinski definition) is 5. The van der Waals surface area contributed by atoms with E-state index < -0.39 is 50.3 Å². The number of carboxylic acid groups (broad SMARTS) is 1. The SMILES string of the molecule is COC(=O)C(NC(=O)c1ccc(S(F)(F)(F)(F)F)cc1)C1(OCC2CC2)CN(C(=O)O)C1. The largest absolute Gasteiger partial charge is 0.467 e. The summed E-state index contributed by atoms with van der Waals surface area (Å²) in [6, 6.07) is -0.209. The van der Waals surface area contributed by atoms with Gasteiger partial charge in [-0.2, -0.15) is 0 Å². The molecule has 1 aliphatic heterocycles. The summed E-state index contributed by atoms with van der Waals surface area (Å²) in [7, 11) is -8.87. The summed E-state index contributed by atoms with van der Waals surface area (Å²) in [5.74, 6) is -1.76. The van der Waals surface area contributed by atoms with Crippen LogP contribution in [0.2, 0.25) is 0 Å². The Balaban J connectivity index is 1.82. The maximum absolute atomic E-state index is 12.9. The van der Waals surface area contributed by atoms with Crippen LogP contribution in [0.1, 0.15) is 23.2 Å². The van der Waals surface area contributed by atoms with E-state index in [4.69, 9.17) is 14.6 Å². The maximum Gasteiger partial charge on any atom is 0.407 e. The number of esters is 1. The lowest BCUT2D eigenvalue weighted by molar-refractivity contribution is -0.177. The van der Waals surface area contributed by atoms with Gasteiger partial charge in [0.25, 0.3) is 5.91 Å². The molecular formula is C18H21F5N2O6S. The van der Waals surface area contributed by atoms with Crippen molar-refractivity contribution in [3.63, 3.8) is 0 Å². The Morgan fingerprint density at radius 1 is 1.16 bits per heavy atom. The van der Waals surface area contributed by atoms with Crippen LogP contribution >= 0.6 is 10.2 Å². The number of hydrogen-bond donors (Lipinski definition) is 2. The van der Waals surface area contributed by atoms with Gasteiger partial charge in [-0.05, 0) is 43.0 Å². The zero-order chi connectivity index (χ0) is 24.0. The van der Waals surface area contributed by atoms with Gasteiger partial charge in [0.2, 0.25) is 0 Å². The van der Waals surface area contributed by atoms with E-state index in [0.29, 0.717) is 12.1 Å². The molecule has 2 fully saturated rings. The van der Waals surface area contributed by atoms with Gasteiger partial charge in [0, 0.05) is 5.56 Å². The predicted octanol–water partition coefficient (Wildman–Crippen LogP) is 3.77. The highest BCUT2D eigenvalue weighted by molar-refractivity contribution is 8.45. The van der Waals surface area contributed by atoms with E-state index in [9.17, 15) is 33.8 Å². The molecule has 32 heavy (non-hydrogen) atoms. The molecule has 180 valence electrons. The lowest BCUT2D eigenvalue weighted by atomic mass is 9.85. The number of carbonyl (C=O) groups excluding carboxylic acids is 2. The van der Waals surface area contributed by atoms with E-state index in [0.717, 1.165) is 24.9 Å². The second-order valence-corrected chi connectivity index (χ2v) is 10.3. The van der Waals surface area contributed by atoms with Crippen LogP contribution in [0.4, 0.5) is 24.2 Å². The number of ether oxygens (including phenoxy) is 2. The summed E-state index contributed by atoms with van der Waals surface area (Å²) in [5, 5.41) is 11.4. The average molecular weight is 488 g/mol. The first-order valence-electron chi connectivity index (χ1n) is 9.39. The Bertz CT molecular complexity index is 930. The van der Waals surface area contributed by atoms with Crippen LogP contribution in [0.25, 0.3) is 0 Å². The predicted molar refractivity (Wildman–Crippen MR) is 102 cm³/mol. The van der Waals surface area contributed by atoms with Gasteiger partial charge < -0.3 is 24.8 Å². The third-order valence-corrected chi connectivity index (χ3v) is 6.45. The number of benzene rings is 1. The number of amides is 2. The van der Waals surface area contributed by atoms with Gasteiger partial charge >= 0.3 is 22.3 Å². The number of likely N-dealkylation sites (tertiary alicyclic amines) is 1. The van der Waals surface area contributed by atoms with Crippen molar-refractivity contribution in [3.8, 4) is 0 Å². The summed E-state index contributed by atoms with van der Waals surface area (Å²) in [4.78, 5) is 35.0. The second-order valence-electron chi connectivity index (χ2n) is 7.88. The van der Waals surface area contributed by atoms with Crippen molar-refractivity contribution in [1.29, 1.82) is 0 Å². The zero-order valence-electron chi connectivity index (χ0n) is 16.7. The molecule has 0 aromatic heterocycles. The first-order chi connectivity index (χ1) is 14.5. The minimum atomic E-state index is -9.91. The molecule has 8 nitrogen and oxygen atoms in total. The molecule has 14 heteroatoms. The van der Waals surface area contributed by atoms with Gasteiger partial charge in [0.15, 0.2) is 6.04 Å². The first kappa shape index (κ1) is 24.0. The van der Waals surface area contributed by atoms with E-state index in [1.807, 2.05) is 0 Å². The van der Waals surface area contributed by atoms with Gasteiger partial charge in [0.05, 0.1) is 26.8 Å². The Hall–Kier alpha value is -2.61. The quantitative estimate of drug-likeness (QED) is 0.426. The molecule has 1 unspecified atom stereocenters. The van der Waals surface area contributed by atoms with Crippen molar-refractivity contribution in [1.82, 2.24) is 10.2 Å². The molecule has 1 saturated carbocycles. The lowest BCUT2D eigenvalue weighted by Gasteiger charge is -2.51. The Morgan fingerprint density at radius 3 is 2.16 bits per heavy atom. The van der Waals surface area contributed by atoms with Gasteiger partial charge in [-0.15, -0.1) is 0 Å². The van der Waals surface area contributed by atoms with Crippen molar-refractivity contribution >= 4 is 28.2 Å². The second kappa shape index (κ2) is 7.20. The van der Waals surface area contributed by atoms with Gasteiger partial charge in [-0.3, -0.25) is 4.79 Å². The van der Waals surface area contributed by atoms with Gasteiger partial charge in [-0.25, -0.2) is 9.59 Å². The topological polar surface area (TPSA) is 105 Å². The maximum atomic E-state index is 12.9. The van der Waals surface area contributed by atoms with Crippen molar-refractivity contribution < 1.29 is 48.4 Å². The molecule has 3 rings (SSSR count). The molecule has 2 aliphatic rings. The fourth-order valence-corrected chi connectivity index (χ4v) is 3.91. The van der Waals surface area contributed by atoms with Crippen LogP contribution in [-0.4, -0.2) is 66.4 Å². The summed E-state index contributed by atoms with van der Waals surface area (Å²) in [6.45, 7) is -0.286. The molecule has 2 N–H and O–H groups in total. The summed E-state index contributed by atoms with van der Waals surface area (Å²) < 4.78 is 74.9. The minimum absolute atomic E-state index is 0.0818. The molecule has 0 bridgehead atoms. The van der Waals surface area contributed by atoms with Crippen LogP contribution in [0.5, 0.6) is 0 Å². The lowest BCUT2D eigenvalue weighted by Crippen LogP contribution is -2.75. The molecule has 0 radical (unpaired) electrons. The van der Waals surface area contributed by atoms with Crippen LogP contribution in [-0.2, 0) is 14.3 Å². The van der Waals surface area contributed by atoms with Crippen molar-refractivity contribution in [2.75, 3.05) is 26.8 Å². The molecular weight excluding hydrogens is 467 g/mol. The first-order valence-corrected chi connectivity index (χ1v) is 11.3.